The van der Waals surface area contributed by atoms with Gasteiger partial charge in [0.15, 0.2) is 13.2 Å². The van der Waals surface area contributed by atoms with Crippen LogP contribution >= 0.6 is 0 Å². The molecule has 0 radical (unpaired) electrons. The third-order valence-corrected chi connectivity index (χ3v) is 4.59. The Hall–Kier alpha value is -3.44. The molecule has 10 nitrogen and oxygen atoms in total. The molecule has 4 N–H and O–H groups in total. The molecule has 2 amide bonds. The predicted molar refractivity (Wildman–Crippen MR) is 107 cm³/mol. The van der Waals surface area contributed by atoms with E-state index < -0.39 is 40.5 Å². The van der Waals surface area contributed by atoms with Gasteiger partial charge in [0, 0.05) is 5.69 Å². The van der Waals surface area contributed by atoms with E-state index in [1.807, 2.05) is 0 Å². The van der Waals surface area contributed by atoms with Gasteiger partial charge in [-0.3, -0.25) is 9.59 Å². The molecule has 0 saturated heterocycles. The molecule has 0 aromatic heterocycles. The third-order valence-electron chi connectivity index (χ3n) is 3.66. The average molecular weight is 435 g/mol. The summed E-state index contributed by atoms with van der Waals surface area (Å²) < 4.78 is 32.5. The molecule has 0 aliphatic heterocycles. The first-order chi connectivity index (χ1) is 14.1. The molecule has 1 unspecified atom stereocenters. The fraction of sp³-hybridized carbons (Fsp3) is 0.211. The third kappa shape index (κ3) is 7.53. The van der Waals surface area contributed by atoms with Gasteiger partial charge in [-0.15, -0.1) is 0 Å². The van der Waals surface area contributed by atoms with E-state index in [0.29, 0.717) is 11.4 Å². The first-order valence-corrected chi connectivity index (χ1v) is 10.3. The lowest BCUT2D eigenvalue weighted by molar-refractivity contribution is -0.150. The Morgan fingerprint density at radius 3 is 2.20 bits per heavy atom. The molecule has 0 fully saturated rings. The Kier molecular flexibility index (Phi) is 7.90. The van der Waals surface area contributed by atoms with Gasteiger partial charge in [0.2, 0.25) is 10.0 Å². The number of nitrogens with two attached hydrogens (primary N) is 1. The molecule has 2 rings (SSSR count). The summed E-state index contributed by atoms with van der Waals surface area (Å²) in [6, 6.07) is 12.8. The van der Waals surface area contributed by atoms with Crippen molar-refractivity contribution >= 4 is 33.5 Å². The molecule has 1 atom stereocenters. The summed E-state index contributed by atoms with van der Waals surface area (Å²) in [5.74, 6) is -1.46. The molecule has 11 heteroatoms. The van der Waals surface area contributed by atoms with Crippen LogP contribution in [0.15, 0.2) is 59.5 Å². The SMILES string of the molecule is CC(NC(=O)COc1ccccc1)C(=O)OCC(=O)Nc1ccc(S(N)(=O)=O)cc1. The molecule has 30 heavy (non-hydrogen) atoms. The van der Waals surface area contributed by atoms with Crippen LogP contribution in [0.25, 0.3) is 0 Å². The quantitative estimate of drug-likeness (QED) is 0.482. The van der Waals surface area contributed by atoms with Crippen molar-refractivity contribution in [2.24, 2.45) is 5.14 Å². The Balaban J connectivity index is 1.73. The summed E-state index contributed by atoms with van der Waals surface area (Å²) in [7, 11) is -3.83. The van der Waals surface area contributed by atoms with Crippen molar-refractivity contribution in [3.63, 3.8) is 0 Å². The summed E-state index contributed by atoms with van der Waals surface area (Å²) in [5.41, 5.74) is 0.294. The van der Waals surface area contributed by atoms with Gasteiger partial charge in [0.05, 0.1) is 4.90 Å². The van der Waals surface area contributed by atoms with Crippen LogP contribution in [0.1, 0.15) is 6.92 Å². The normalized spacial score (nSPS) is 11.8. The second-order valence-electron chi connectivity index (χ2n) is 6.12. The van der Waals surface area contributed by atoms with E-state index in [2.05, 4.69) is 10.6 Å². The molecule has 0 heterocycles. The zero-order valence-corrected chi connectivity index (χ0v) is 16.8. The van der Waals surface area contributed by atoms with Crippen molar-refractivity contribution in [1.82, 2.24) is 5.32 Å². The average Bonchev–Trinajstić information content (AvgIpc) is 2.71. The van der Waals surface area contributed by atoms with E-state index in [9.17, 15) is 22.8 Å². The second kappa shape index (κ2) is 10.4. The first-order valence-electron chi connectivity index (χ1n) is 8.71. The highest BCUT2D eigenvalue weighted by Crippen LogP contribution is 2.12. The number of rotatable bonds is 9. The Morgan fingerprint density at radius 1 is 0.967 bits per heavy atom. The number of carbonyl (C=O) groups excluding carboxylic acids is 3. The highest BCUT2D eigenvalue weighted by Gasteiger charge is 2.18. The molecule has 0 saturated carbocycles. The molecule has 0 spiro atoms. The van der Waals surface area contributed by atoms with Crippen LogP contribution in [0, 0.1) is 0 Å². The van der Waals surface area contributed by atoms with Gasteiger partial charge in [-0.1, -0.05) is 18.2 Å². The predicted octanol–water partition coefficient (Wildman–Crippen LogP) is 0.399. The van der Waals surface area contributed by atoms with Gasteiger partial charge in [0.25, 0.3) is 11.8 Å². The smallest absolute Gasteiger partial charge is 0.328 e. The zero-order valence-electron chi connectivity index (χ0n) is 16.0. The number of nitrogens with one attached hydrogen (secondary N) is 2. The number of primary sulfonamides is 1. The van der Waals surface area contributed by atoms with Gasteiger partial charge in [-0.05, 0) is 43.3 Å². The van der Waals surface area contributed by atoms with Crippen molar-refractivity contribution < 1.29 is 32.3 Å². The van der Waals surface area contributed by atoms with Gasteiger partial charge in [-0.25, -0.2) is 18.4 Å². The summed E-state index contributed by atoms with van der Waals surface area (Å²) in [6.07, 6.45) is 0. The largest absolute Gasteiger partial charge is 0.484 e. The van der Waals surface area contributed by atoms with Crippen LogP contribution in [0.3, 0.4) is 0 Å². The van der Waals surface area contributed by atoms with Crippen molar-refractivity contribution in [3.8, 4) is 5.75 Å². The van der Waals surface area contributed by atoms with Gasteiger partial charge >= 0.3 is 5.97 Å². The van der Waals surface area contributed by atoms with E-state index in [0.717, 1.165) is 0 Å². The highest BCUT2D eigenvalue weighted by molar-refractivity contribution is 7.89. The molecule has 2 aromatic carbocycles. The minimum Gasteiger partial charge on any atom is -0.484 e. The van der Waals surface area contributed by atoms with Crippen LogP contribution in [0.5, 0.6) is 5.75 Å². The van der Waals surface area contributed by atoms with Crippen LogP contribution in [-0.4, -0.2) is 45.5 Å². The lowest BCUT2D eigenvalue weighted by atomic mass is 10.3. The number of anilines is 1. The number of benzene rings is 2. The molecule has 160 valence electrons. The van der Waals surface area contributed by atoms with Gasteiger partial charge in [0.1, 0.15) is 11.8 Å². The Morgan fingerprint density at radius 2 is 1.60 bits per heavy atom. The summed E-state index contributed by atoms with van der Waals surface area (Å²) in [6.45, 7) is 0.541. The Bertz CT molecular complexity index is 993. The first kappa shape index (κ1) is 22.8. The second-order valence-corrected chi connectivity index (χ2v) is 7.68. The minimum absolute atomic E-state index is 0.104. The number of sulfonamides is 1. The lowest BCUT2D eigenvalue weighted by Gasteiger charge is -2.14. The summed E-state index contributed by atoms with van der Waals surface area (Å²) >= 11 is 0. The van der Waals surface area contributed by atoms with Crippen molar-refractivity contribution in [2.75, 3.05) is 18.5 Å². The fourth-order valence-corrected chi connectivity index (χ4v) is 2.71. The number of para-hydroxylation sites is 1. The molecular weight excluding hydrogens is 414 g/mol. The maximum atomic E-state index is 11.9. The Labute approximate surface area is 173 Å². The molecular formula is C19H21N3O7S. The van der Waals surface area contributed by atoms with Gasteiger partial charge < -0.3 is 20.1 Å². The van der Waals surface area contributed by atoms with Crippen molar-refractivity contribution in [1.29, 1.82) is 0 Å². The van der Waals surface area contributed by atoms with E-state index in [1.165, 1.54) is 31.2 Å². The molecule has 0 aliphatic carbocycles. The number of hydrogen-bond acceptors (Lipinski definition) is 7. The summed E-state index contributed by atoms with van der Waals surface area (Å²) in [5, 5.41) is 9.83. The van der Waals surface area contributed by atoms with Crippen LogP contribution in [-0.2, 0) is 29.1 Å². The topological polar surface area (TPSA) is 154 Å². The fourth-order valence-electron chi connectivity index (χ4n) is 2.19. The van der Waals surface area contributed by atoms with Crippen molar-refractivity contribution in [3.05, 3.63) is 54.6 Å². The molecule has 2 aromatic rings. The van der Waals surface area contributed by atoms with E-state index >= 15 is 0 Å². The number of ether oxygens (including phenoxy) is 2. The standard InChI is InChI=1S/C19H21N3O7S/c1-13(21-17(23)11-28-15-5-3-2-4-6-15)19(25)29-12-18(24)22-14-7-9-16(10-8-14)30(20,26)27/h2-10,13H,11-12H2,1H3,(H,21,23)(H,22,24)(H2,20,26,27). The van der Waals surface area contributed by atoms with Crippen LogP contribution in [0.2, 0.25) is 0 Å². The number of esters is 1. The van der Waals surface area contributed by atoms with Gasteiger partial charge in [-0.2, -0.15) is 0 Å². The monoisotopic (exact) mass is 435 g/mol. The number of carbonyl (C=O) groups is 3. The minimum atomic E-state index is -3.83. The molecule has 0 bridgehead atoms. The number of amides is 2. The van der Waals surface area contributed by atoms with Crippen LogP contribution < -0.4 is 20.5 Å². The van der Waals surface area contributed by atoms with Crippen molar-refractivity contribution in [2.45, 2.75) is 17.9 Å². The maximum Gasteiger partial charge on any atom is 0.328 e. The van der Waals surface area contributed by atoms with E-state index in [1.54, 1.807) is 30.3 Å². The number of hydrogen-bond donors (Lipinski definition) is 3. The van der Waals surface area contributed by atoms with E-state index in [4.69, 9.17) is 14.6 Å². The maximum absolute atomic E-state index is 11.9. The highest BCUT2D eigenvalue weighted by atomic mass is 32.2. The molecule has 0 aliphatic rings. The lowest BCUT2D eigenvalue weighted by Crippen LogP contribution is -2.42. The zero-order chi connectivity index (χ0) is 22.1. The summed E-state index contributed by atoms with van der Waals surface area (Å²) in [4.78, 5) is 35.5. The van der Waals surface area contributed by atoms with E-state index in [-0.39, 0.29) is 11.5 Å². The van der Waals surface area contributed by atoms with Crippen LogP contribution in [0.4, 0.5) is 5.69 Å².